The van der Waals surface area contributed by atoms with Crippen LogP contribution in [0.15, 0.2) is 0 Å². The molecule has 0 amide bonds. The summed E-state index contributed by atoms with van der Waals surface area (Å²) in [5, 5.41) is 42.8. The van der Waals surface area contributed by atoms with Crippen molar-refractivity contribution < 1.29 is 338 Å². The minimum atomic E-state index is -2.18. The molecule has 4 unspecified atom stereocenters. The van der Waals surface area contributed by atoms with E-state index in [0.717, 1.165) is 28.4 Å². The third kappa shape index (κ3) is 1080. The Kier molecular flexibility index (Phi) is 580. The van der Waals surface area contributed by atoms with E-state index in [4.69, 9.17) is 69.5 Å². The van der Waals surface area contributed by atoms with Crippen molar-refractivity contribution in [1.82, 2.24) is 0 Å². The van der Waals surface area contributed by atoms with Crippen LogP contribution in [0.5, 0.6) is 0 Å². The molecule has 0 heterocycles. The van der Waals surface area contributed by atoms with Gasteiger partial charge in [-0.3, -0.25) is 4.57 Å². The van der Waals surface area contributed by atoms with Crippen LogP contribution in [0.3, 0.4) is 0 Å². The van der Waals surface area contributed by atoms with Crippen LogP contribution in [-0.4, -0.2) is 168 Å². The Bertz CT molecular complexity index is 340. The SMILES string of the molecule is CO.CO.CO.CO.C[Si](C)(C)O.C[Si](C)(C)O.C[Si](C)(C)O.O.O.O.O.O.O.O.O.O.O=PP(O)O.OOP(O)P.OOP(O)P.[CH3-].[Zr].[Zr].[Zr].[Zr].[Zr].[Zr].[Zr].[Zr]. The maximum atomic E-state index is 9.13. The van der Waals surface area contributed by atoms with Gasteiger partial charge in [-0.15, -0.1) is 0 Å². The van der Waals surface area contributed by atoms with Gasteiger partial charge in [0.05, 0.1) is 0 Å². The van der Waals surface area contributed by atoms with Crippen molar-refractivity contribution in [3.63, 3.8) is 0 Å². The molecule has 0 spiro atoms. The fraction of sp³-hybridized carbons (Fsp3) is 0.929. The maximum Gasteiger partial charge on any atom is 0.267 e. The van der Waals surface area contributed by atoms with Gasteiger partial charge in [-0.1, -0.05) is 0 Å². The number of hydrogen-bond donors (Lipinski definition) is 13. The van der Waals surface area contributed by atoms with Gasteiger partial charge in [0.1, 0.15) is 0 Å². The van der Waals surface area contributed by atoms with E-state index in [0.29, 0.717) is 0 Å². The second kappa shape index (κ2) is 167. The Hall–Kier alpha value is 9.01. The number of aliphatic hydroxyl groups is 4. The number of hydrogen-bond acceptors (Lipinski definition) is 16. The van der Waals surface area contributed by atoms with Crippen molar-refractivity contribution >= 4 is 75.1 Å². The molecule has 0 saturated carbocycles. The summed E-state index contributed by atoms with van der Waals surface area (Å²) in [5.74, 6) is 0. The second-order valence-electron chi connectivity index (χ2n) is 7.63. The Labute approximate surface area is 499 Å². The first-order valence-corrected chi connectivity index (χ1v) is 28.2. The molecular weight excluding hydrogens is 1570 g/mol. The van der Waals surface area contributed by atoms with E-state index in [2.05, 4.69) is 9.35 Å². The van der Waals surface area contributed by atoms with E-state index in [1.807, 2.05) is 76.8 Å². The summed E-state index contributed by atoms with van der Waals surface area (Å²) in [6.07, 6.45) is 0. The summed E-state index contributed by atoms with van der Waals surface area (Å²) in [4.78, 5) is 57.1. The summed E-state index contributed by atoms with van der Waals surface area (Å²) < 4.78 is 15.8. The summed E-state index contributed by atoms with van der Waals surface area (Å²) in [7, 11) is -3.08. The van der Waals surface area contributed by atoms with Gasteiger partial charge < -0.3 is 111 Å². The molecule has 56 heavy (non-hydrogen) atoms. The Morgan fingerprint density at radius 1 is 0.411 bits per heavy atom. The van der Waals surface area contributed by atoms with E-state index in [-0.39, 0.29) is 266 Å². The molecule has 0 saturated heterocycles. The molecule has 0 radical (unpaired) electrons. The van der Waals surface area contributed by atoms with Crippen LogP contribution in [-0.2, 0) is 224 Å². The van der Waals surface area contributed by atoms with Crippen LogP contribution >= 0.6 is 50.2 Å². The third-order valence-electron chi connectivity index (χ3n) is 0.240. The average Bonchev–Trinajstić information content (AvgIpc) is 2.76. The summed E-state index contributed by atoms with van der Waals surface area (Å²) in [6, 6.07) is 0. The molecule has 42 heteroatoms. The minimum Gasteiger partial charge on any atom is -0.433 e. The monoisotopic (exact) mass is 1630 g/mol. The first-order chi connectivity index (χ1) is 16.8. The van der Waals surface area contributed by atoms with Crippen LogP contribution in [0, 0.1) is 7.43 Å². The molecule has 0 aliphatic rings. The van der Waals surface area contributed by atoms with E-state index in [9.17, 15) is 0 Å². The second-order valence-corrected chi connectivity index (χ2v) is 27.1. The topological polar surface area (TPSA) is 582 Å². The molecule has 0 fully saturated rings. The first kappa shape index (κ1) is 194. The van der Waals surface area contributed by atoms with Crippen LogP contribution in [0.4, 0.5) is 0 Å². The zero-order valence-electron chi connectivity index (χ0n) is 34.0. The molecule has 0 aliphatic carbocycles. The summed E-state index contributed by atoms with van der Waals surface area (Å²) in [5.41, 5.74) is 0. The van der Waals surface area contributed by atoms with Crippen LogP contribution in [0.1, 0.15) is 0 Å². The zero-order chi connectivity index (χ0) is 34.4. The van der Waals surface area contributed by atoms with Crippen molar-refractivity contribution in [2.75, 3.05) is 28.4 Å². The van der Waals surface area contributed by atoms with E-state index >= 15 is 0 Å². The minimum absolute atomic E-state index is 0. The van der Waals surface area contributed by atoms with E-state index in [1.54, 1.807) is 0 Å². The fourth-order valence-corrected chi connectivity index (χ4v) is 0. The zero-order valence-corrected chi connectivity index (χ0v) is 62.5. The quantitative estimate of drug-likeness (QED) is 0.0417. The molecular formula is C14H77O25P6Si3Zr8-. The Balaban J connectivity index is -0.00000000587. The molecule has 0 aliphatic heterocycles. The summed E-state index contributed by atoms with van der Waals surface area (Å²) >= 11 is 0. The largest absolute Gasteiger partial charge is 0.433 e. The van der Waals surface area contributed by atoms with Crippen molar-refractivity contribution in [3.05, 3.63) is 7.43 Å². The van der Waals surface area contributed by atoms with Gasteiger partial charge >= 0.3 is 0 Å². The molecule has 358 valence electrons. The predicted molar refractivity (Wildman–Crippen MR) is 212 cm³/mol. The van der Waals surface area contributed by atoms with Gasteiger partial charge in [0, 0.05) is 238 Å². The normalized spacial score (nSPS) is 7.23. The standard InChI is InChI=1S/3C3H10OSi.4CH4O.CH3.H2O3P2.2H4O3P2.9H2O.8Zr/c3*1-5(2,3)4;4*1-2;;1-4-5(2)3;2*1-3-5(2)4;;;;;;;;;;;;;;;;;/h3*4H,1-3H3;4*2H,1H3;1H3;2-3H;2*1-2H,4H2;9*1H2;;;;;;;;/q;;;;;;;-1;;;;;;;;;;;;;;;;;;;;. The molecule has 25 nitrogen and oxygen atoms in total. The molecule has 4 atom stereocenters. The van der Waals surface area contributed by atoms with Gasteiger partial charge in [-0.05, 0) is 76.8 Å². The number of rotatable bonds is 3. The smallest absolute Gasteiger partial charge is 0.267 e. The van der Waals surface area contributed by atoms with Crippen molar-refractivity contribution in [2.24, 2.45) is 0 Å². The van der Waals surface area contributed by atoms with Crippen molar-refractivity contribution in [1.29, 1.82) is 0 Å². The van der Waals surface area contributed by atoms with E-state index in [1.165, 1.54) is 0 Å². The average molecular weight is 1650 g/mol. The van der Waals surface area contributed by atoms with Gasteiger partial charge in [0.15, 0.2) is 25.0 Å². The molecule has 0 aromatic heterocycles. The van der Waals surface area contributed by atoms with Crippen molar-refractivity contribution in [2.45, 2.75) is 58.9 Å². The molecule has 0 aromatic rings. The van der Waals surface area contributed by atoms with Gasteiger partial charge in [0.25, 0.3) is 8.06 Å². The first-order valence-electron chi connectivity index (χ1n) is 9.39. The predicted octanol–water partition coefficient (Wildman–Crippen LogP) is -4.49. The Morgan fingerprint density at radius 2 is 0.446 bits per heavy atom. The summed E-state index contributed by atoms with van der Waals surface area (Å²) in [6.45, 7) is 16.9. The third-order valence-corrected chi connectivity index (χ3v) is 1.72. The van der Waals surface area contributed by atoms with Crippen molar-refractivity contribution in [3.8, 4) is 0 Å². The maximum absolute atomic E-state index is 9.13. The molecule has 0 aromatic carbocycles. The van der Waals surface area contributed by atoms with Crippen LogP contribution < -0.4 is 0 Å². The molecule has 0 rings (SSSR count). The molecule has 0 bridgehead atoms. The molecule has 31 N–H and O–H groups in total. The van der Waals surface area contributed by atoms with Crippen LogP contribution in [0.2, 0.25) is 58.9 Å². The van der Waals surface area contributed by atoms with E-state index < -0.39 is 57.3 Å². The van der Waals surface area contributed by atoms with Gasteiger partial charge in [0.2, 0.25) is 24.3 Å². The van der Waals surface area contributed by atoms with Crippen LogP contribution in [0.25, 0.3) is 0 Å². The van der Waals surface area contributed by atoms with Gasteiger partial charge in [-0.2, -0.15) is 9.35 Å². The Morgan fingerprint density at radius 3 is 0.446 bits per heavy atom. The fourth-order valence-electron chi connectivity index (χ4n) is 0. The van der Waals surface area contributed by atoms with Gasteiger partial charge in [-0.25, -0.2) is 10.5 Å². The number of aliphatic hydroxyl groups excluding tert-OH is 4.